The maximum absolute atomic E-state index is 12.8. The van der Waals surface area contributed by atoms with Crippen LogP contribution in [0.15, 0.2) is 53.3 Å². The minimum atomic E-state index is -0.486. The third-order valence-electron chi connectivity index (χ3n) is 3.41. The second kappa shape index (κ2) is 6.97. The lowest BCUT2D eigenvalue weighted by atomic mass is 10.2. The predicted molar refractivity (Wildman–Crippen MR) is 101 cm³/mol. The Morgan fingerprint density at radius 1 is 1.21 bits per heavy atom. The number of amides is 1. The van der Waals surface area contributed by atoms with Gasteiger partial charge in [-0.15, -0.1) is 0 Å². The quantitative estimate of drug-likeness (QED) is 0.251. The van der Waals surface area contributed by atoms with Crippen molar-refractivity contribution in [3.63, 3.8) is 0 Å². The predicted octanol–water partition coefficient (Wildman–Crippen LogP) is 1.73. The van der Waals surface area contributed by atoms with Gasteiger partial charge in [-0.3, -0.25) is 19.6 Å². The Bertz CT molecular complexity index is 956. The molecule has 0 unspecified atom stereocenters. The standard InChI is InChI=1S/C16H14IN5O2/c17-10-6-7-13-12(8-10)15(24)22(9-14(23)21-18)16(20-13)19-11-4-2-1-3-5-11/h1-8H,9,18H2,(H,19,20)(H,21,23). The van der Waals surface area contributed by atoms with Crippen LogP contribution in [-0.4, -0.2) is 15.5 Å². The van der Waals surface area contributed by atoms with E-state index in [1.54, 1.807) is 12.1 Å². The first-order chi connectivity index (χ1) is 11.6. The number of nitrogens with one attached hydrogen (secondary N) is 2. The molecule has 3 aromatic rings. The number of fused-ring (bicyclic) bond motifs is 1. The first-order valence-corrected chi connectivity index (χ1v) is 8.18. The molecular formula is C16H14IN5O2. The van der Waals surface area contributed by atoms with Crippen molar-refractivity contribution in [2.75, 3.05) is 5.32 Å². The highest BCUT2D eigenvalue weighted by Gasteiger charge is 2.14. The van der Waals surface area contributed by atoms with Crippen molar-refractivity contribution in [1.29, 1.82) is 0 Å². The Labute approximate surface area is 151 Å². The molecule has 0 bridgehead atoms. The summed E-state index contributed by atoms with van der Waals surface area (Å²) in [6, 6.07) is 14.7. The molecule has 0 atom stereocenters. The molecule has 0 fully saturated rings. The zero-order valence-corrected chi connectivity index (χ0v) is 14.6. The van der Waals surface area contributed by atoms with E-state index in [0.29, 0.717) is 10.9 Å². The van der Waals surface area contributed by atoms with Gasteiger partial charge in [-0.2, -0.15) is 0 Å². The van der Waals surface area contributed by atoms with E-state index in [9.17, 15) is 9.59 Å². The highest BCUT2D eigenvalue weighted by molar-refractivity contribution is 14.1. The van der Waals surface area contributed by atoms with Crippen LogP contribution in [0.3, 0.4) is 0 Å². The first kappa shape index (κ1) is 16.4. The van der Waals surface area contributed by atoms with Crippen LogP contribution >= 0.6 is 22.6 Å². The van der Waals surface area contributed by atoms with Crippen molar-refractivity contribution >= 4 is 51.0 Å². The maximum atomic E-state index is 12.8. The van der Waals surface area contributed by atoms with Crippen LogP contribution in [0.4, 0.5) is 11.6 Å². The monoisotopic (exact) mass is 435 g/mol. The molecule has 0 saturated carbocycles. The molecule has 122 valence electrons. The topological polar surface area (TPSA) is 102 Å². The smallest absolute Gasteiger partial charge is 0.263 e. The fraction of sp³-hybridized carbons (Fsp3) is 0.0625. The molecule has 7 nitrogen and oxygen atoms in total. The van der Waals surface area contributed by atoms with Gasteiger partial charge < -0.3 is 5.32 Å². The molecular weight excluding hydrogens is 421 g/mol. The molecule has 1 aromatic heterocycles. The van der Waals surface area contributed by atoms with Gasteiger partial charge in [0.05, 0.1) is 10.9 Å². The van der Waals surface area contributed by atoms with Gasteiger partial charge in [-0.1, -0.05) is 18.2 Å². The van der Waals surface area contributed by atoms with Crippen LogP contribution < -0.4 is 22.1 Å². The summed E-state index contributed by atoms with van der Waals surface area (Å²) in [5, 5.41) is 3.53. The number of para-hydroxylation sites is 1. The fourth-order valence-corrected chi connectivity index (χ4v) is 2.77. The Morgan fingerprint density at radius 2 is 1.96 bits per heavy atom. The van der Waals surface area contributed by atoms with Crippen LogP contribution in [0.1, 0.15) is 0 Å². The molecule has 0 aliphatic heterocycles. The van der Waals surface area contributed by atoms with E-state index in [4.69, 9.17) is 5.84 Å². The fourth-order valence-electron chi connectivity index (χ4n) is 2.28. The van der Waals surface area contributed by atoms with Gasteiger partial charge in [-0.25, -0.2) is 10.8 Å². The summed E-state index contributed by atoms with van der Waals surface area (Å²) < 4.78 is 2.19. The third-order valence-corrected chi connectivity index (χ3v) is 4.08. The zero-order chi connectivity index (χ0) is 17.1. The summed E-state index contributed by atoms with van der Waals surface area (Å²) in [7, 11) is 0. The van der Waals surface area contributed by atoms with Gasteiger partial charge in [0.1, 0.15) is 6.54 Å². The van der Waals surface area contributed by atoms with E-state index in [0.717, 1.165) is 9.26 Å². The summed E-state index contributed by atoms with van der Waals surface area (Å²) in [6.45, 7) is -0.223. The van der Waals surface area contributed by atoms with Gasteiger partial charge in [0.15, 0.2) is 0 Å². The van der Waals surface area contributed by atoms with Crippen molar-refractivity contribution < 1.29 is 4.79 Å². The summed E-state index contributed by atoms with van der Waals surface area (Å²) in [4.78, 5) is 29.0. The highest BCUT2D eigenvalue weighted by atomic mass is 127. The number of carbonyl (C=O) groups is 1. The van der Waals surface area contributed by atoms with E-state index in [1.807, 2.05) is 41.8 Å². The Kier molecular flexibility index (Phi) is 4.76. The van der Waals surface area contributed by atoms with Crippen molar-refractivity contribution in [2.45, 2.75) is 6.54 Å². The van der Waals surface area contributed by atoms with Gasteiger partial charge in [0.25, 0.3) is 11.5 Å². The number of hydrogen-bond acceptors (Lipinski definition) is 5. The molecule has 1 amide bonds. The second-order valence-corrected chi connectivity index (χ2v) is 6.29. The molecule has 0 spiro atoms. The second-order valence-electron chi connectivity index (χ2n) is 5.05. The number of anilines is 2. The molecule has 0 aliphatic carbocycles. The van der Waals surface area contributed by atoms with E-state index in [1.165, 1.54) is 4.57 Å². The van der Waals surface area contributed by atoms with Crippen LogP contribution in [0.5, 0.6) is 0 Å². The summed E-state index contributed by atoms with van der Waals surface area (Å²) in [5.41, 5.74) is 3.05. The molecule has 0 radical (unpaired) electrons. The molecule has 0 aliphatic rings. The number of benzene rings is 2. The van der Waals surface area contributed by atoms with Crippen molar-refractivity contribution in [1.82, 2.24) is 15.0 Å². The molecule has 2 aromatic carbocycles. The highest BCUT2D eigenvalue weighted by Crippen LogP contribution is 2.18. The van der Waals surface area contributed by atoms with Crippen molar-refractivity contribution in [3.05, 3.63) is 62.5 Å². The van der Waals surface area contributed by atoms with E-state index < -0.39 is 5.91 Å². The number of hydrazine groups is 1. The number of hydrogen-bond donors (Lipinski definition) is 3. The largest absolute Gasteiger partial charge is 0.326 e. The maximum Gasteiger partial charge on any atom is 0.263 e. The average Bonchev–Trinajstić information content (AvgIpc) is 2.59. The van der Waals surface area contributed by atoms with E-state index >= 15 is 0 Å². The lowest BCUT2D eigenvalue weighted by molar-refractivity contribution is -0.121. The number of halogens is 1. The molecule has 3 rings (SSSR count). The minimum absolute atomic E-state index is 0.223. The van der Waals surface area contributed by atoms with Crippen LogP contribution in [-0.2, 0) is 11.3 Å². The van der Waals surface area contributed by atoms with Crippen LogP contribution in [0, 0.1) is 3.57 Å². The van der Waals surface area contributed by atoms with Gasteiger partial charge in [-0.05, 0) is 52.9 Å². The van der Waals surface area contributed by atoms with Gasteiger partial charge in [0, 0.05) is 9.26 Å². The average molecular weight is 435 g/mol. The number of nitrogens with zero attached hydrogens (tertiary/aromatic N) is 2. The van der Waals surface area contributed by atoms with Gasteiger partial charge in [0.2, 0.25) is 5.95 Å². The van der Waals surface area contributed by atoms with Crippen LogP contribution in [0.2, 0.25) is 0 Å². The Hall–Kier alpha value is -2.46. The van der Waals surface area contributed by atoms with Crippen molar-refractivity contribution in [3.8, 4) is 0 Å². The van der Waals surface area contributed by atoms with Crippen molar-refractivity contribution in [2.24, 2.45) is 5.84 Å². The van der Waals surface area contributed by atoms with Crippen LogP contribution in [0.25, 0.3) is 10.9 Å². The Balaban J connectivity index is 2.17. The lowest BCUT2D eigenvalue weighted by Gasteiger charge is -2.14. The molecule has 0 saturated heterocycles. The SMILES string of the molecule is NNC(=O)Cn1c(Nc2ccccc2)nc2ccc(I)cc2c1=O. The molecule has 24 heavy (non-hydrogen) atoms. The summed E-state index contributed by atoms with van der Waals surface area (Å²) >= 11 is 2.13. The minimum Gasteiger partial charge on any atom is -0.326 e. The normalized spacial score (nSPS) is 10.6. The molecule has 8 heteroatoms. The summed E-state index contributed by atoms with van der Waals surface area (Å²) in [5.74, 6) is 4.95. The molecule has 1 heterocycles. The number of nitrogens with two attached hydrogens (primary N) is 1. The van der Waals surface area contributed by atoms with E-state index in [2.05, 4.69) is 32.9 Å². The summed E-state index contributed by atoms with van der Waals surface area (Å²) in [6.07, 6.45) is 0. The number of aromatic nitrogens is 2. The van der Waals surface area contributed by atoms with Gasteiger partial charge >= 0.3 is 0 Å². The molecule has 4 N–H and O–H groups in total. The first-order valence-electron chi connectivity index (χ1n) is 7.10. The zero-order valence-electron chi connectivity index (χ0n) is 12.5. The Morgan fingerprint density at radius 3 is 2.67 bits per heavy atom. The number of carbonyl (C=O) groups excluding carboxylic acids is 1. The third kappa shape index (κ3) is 3.39. The number of rotatable bonds is 4. The lowest BCUT2D eigenvalue weighted by Crippen LogP contribution is -2.37. The van der Waals surface area contributed by atoms with E-state index in [-0.39, 0.29) is 18.1 Å².